The number of nitrogens with one attached hydrogen (secondary N) is 1. The Hall–Kier alpha value is -2.21. The molecule has 132 valence electrons. The number of fused-ring (bicyclic) bond motifs is 3. The molecule has 0 spiro atoms. The summed E-state index contributed by atoms with van der Waals surface area (Å²) in [4.78, 5) is 6.75. The quantitative estimate of drug-likeness (QED) is 0.788. The fraction of sp³-hybridized carbons (Fsp3) is 0.474. The van der Waals surface area contributed by atoms with Crippen LogP contribution in [-0.4, -0.2) is 46.2 Å². The maximum atomic E-state index is 13.4. The van der Waals surface area contributed by atoms with Gasteiger partial charge >= 0.3 is 0 Å². The van der Waals surface area contributed by atoms with Crippen molar-refractivity contribution in [3.63, 3.8) is 0 Å². The number of benzene rings is 1. The van der Waals surface area contributed by atoms with E-state index in [2.05, 4.69) is 34.4 Å². The van der Waals surface area contributed by atoms with Crippen molar-refractivity contribution in [3.05, 3.63) is 36.4 Å². The molecule has 25 heavy (non-hydrogen) atoms. The molecule has 1 aliphatic carbocycles. The van der Waals surface area contributed by atoms with Gasteiger partial charge in [-0.2, -0.15) is 5.10 Å². The van der Waals surface area contributed by atoms with Crippen molar-refractivity contribution in [2.24, 2.45) is 5.92 Å². The molecule has 0 atom stereocenters. The van der Waals surface area contributed by atoms with Crippen molar-refractivity contribution in [2.45, 2.75) is 31.7 Å². The van der Waals surface area contributed by atoms with Gasteiger partial charge in [-0.3, -0.25) is 0 Å². The van der Waals surface area contributed by atoms with Crippen molar-refractivity contribution in [1.29, 1.82) is 0 Å². The number of nitrogens with zero attached hydrogens (tertiary/aromatic N) is 4. The molecule has 0 unspecified atom stereocenters. The van der Waals surface area contributed by atoms with E-state index in [1.165, 1.54) is 44.4 Å². The number of anilines is 1. The van der Waals surface area contributed by atoms with E-state index >= 15 is 0 Å². The molecule has 5 nitrogen and oxygen atoms in total. The first-order valence-corrected chi connectivity index (χ1v) is 8.93. The fourth-order valence-corrected chi connectivity index (χ4v) is 3.91. The first-order chi connectivity index (χ1) is 12.1. The zero-order chi connectivity index (χ0) is 17.4. The summed E-state index contributed by atoms with van der Waals surface area (Å²) in [5.41, 5.74) is 1.61. The average Bonchev–Trinajstić information content (AvgIpc) is 2.93. The lowest BCUT2D eigenvalue weighted by Crippen LogP contribution is -2.31. The molecular formula is C19H24FN5. The van der Waals surface area contributed by atoms with Crippen LogP contribution < -0.4 is 5.32 Å². The molecule has 0 bridgehead atoms. The van der Waals surface area contributed by atoms with Gasteiger partial charge in [-0.1, -0.05) is 0 Å². The zero-order valence-corrected chi connectivity index (χ0v) is 14.7. The second-order valence-corrected chi connectivity index (χ2v) is 7.39. The average molecular weight is 341 g/mol. The molecule has 1 saturated carbocycles. The van der Waals surface area contributed by atoms with Crippen LogP contribution in [0.15, 0.2) is 30.6 Å². The van der Waals surface area contributed by atoms with Gasteiger partial charge in [0.25, 0.3) is 0 Å². The molecule has 1 N–H and O–H groups in total. The fourth-order valence-electron chi connectivity index (χ4n) is 3.91. The molecule has 1 aliphatic rings. The van der Waals surface area contributed by atoms with E-state index in [1.807, 2.05) is 6.07 Å². The van der Waals surface area contributed by atoms with Crippen LogP contribution in [0.2, 0.25) is 0 Å². The van der Waals surface area contributed by atoms with Crippen LogP contribution in [0, 0.1) is 11.7 Å². The van der Waals surface area contributed by atoms with E-state index in [0.717, 1.165) is 22.6 Å². The van der Waals surface area contributed by atoms with Crippen LogP contribution in [0.25, 0.3) is 16.4 Å². The largest absolute Gasteiger partial charge is 0.367 e. The summed E-state index contributed by atoms with van der Waals surface area (Å²) < 4.78 is 15.1. The highest BCUT2D eigenvalue weighted by Gasteiger charge is 2.21. The highest BCUT2D eigenvalue weighted by molar-refractivity contribution is 5.94. The summed E-state index contributed by atoms with van der Waals surface area (Å²) in [7, 11) is 4.29. The molecule has 0 aliphatic heterocycles. The highest BCUT2D eigenvalue weighted by atomic mass is 19.1. The van der Waals surface area contributed by atoms with E-state index in [1.54, 1.807) is 16.9 Å². The van der Waals surface area contributed by atoms with Gasteiger partial charge in [-0.05, 0) is 57.8 Å². The molecule has 3 aromatic rings. The molecule has 0 saturated heterocycles. The molecule has 2 aromatic heterocycles. The van der Waals surface area contributed by atoms with Crippen molar-refractivity contribution >= 4 is 22.2 Å². The first kappa shape index (κ1) is 16.3. The van der Waals surface area contributed by atoms with Gasteiger partial charge in [0.1, 0.15) is 18.0 Å². The Balaban J connectivity index is 1.50. The van der Waals surface area contributed by atoms with E-state index in [0.29, 0.717) is 11.6 Å². The van der Waals surface area contributed by atoms with Crippen LogP contribution in [0.1, 0.15) is 25.7 Å². The summed E-state index contributed by atoms with van der Waals surface area (Å²) in [6, 6.07) is 7.20. The maximum absolute atomic E-state index is 13.4. The Labute approximate surface area is 146 Å². The molecule has 0 radical (unpaired) electrons. The molecule has 1 aromatic carbocycles. The van der Waals surface area contributed by atoms with E-state index in [-0.39, 0.29) is 5.82 Å². The number of hydrogen-bond acceptors (Lipinski definition) is 4. The Kier molecular flexibility index (Phi) is 4.29. The zero-order valence-electron chi connectivity index (χ0n) is 14.7. The Morgan fingerprint density at radius 1 is 1.20 bits per heavy atom. The smallest absolute Gasteiger partial charge is 0.130 e. The number of rotatable bonds is 4. The van der Waals surface area contributed by atoms with Gasteiger partial charge in [0, 0.05) is 30.1 Å². The van der Waals surface area contributed by atoms with Gasteiger partial charge in [0.15, 0.2) is 0 Å². The van der Waals surface area contributed by atoms with Crippen LogP contribution in [0.4, 0.5) is 10.2 Å². The van der Waals surface area contributed by atoms with E-state index in [4.69, 9.17) is 0 Å². The van der Waals surface area contributed by atoms with Crippen LogP contribution >= 0.6 is 0 Å². The minimum Gasteiger partial charge on any atom is -0.367 e. The first-order valence-electron chi connectivity index (χ1n) is 8.93. The third-order valence-electron chi connectivity index (χ3n) is 5.10. The van der Waals surface area contributed by atoms with Gasteiger partial charge in [-0.25, -0.2) is 13.9 Å². The second-order valence-electron chi connectivity index (χ2n) is 7.39. The predicted molar refractivity (Wildman–Crippen MR) is 98.4 cm³/mol. The number of hydrogen-bond donors (Lipinski definition) is 1. The summed E-state index contributed by atoms with van der Waals surface area (Å²) >= 11 is 0. The van der Waals surface area contributed by atoms with Crippen molar-refractivity contribution in [3.8, 4) is 0 Å². The lowest BCUT2D eigenvalue weighted by molar-refractivity contribution is 0.255. The topological polar surface area (TPSA) is 45.5 Å². The van der Waals surface area contributed by atoms with E-state index < -0.39 is 0 Å². The van der Waals surface area contributed by atoms with Gasteiger partial charge in [0.05, 0.1) is 11.0 Å². The second kappa shape index (κ2) is 6.59. The molecule has 0 amide bonds. The Morgan fingerprint density at radius 2 is 2.00 bits per heavy atom. The molecule has 4 rings (SSSR count). The van der Waals surface area contributed by atoms with Crippen LogP contribution in [0.3, 0.4) is 0 Å². The SMILES string of the molecule is CN(C)CC1CCC(Nc2cc3c4ccc(F)cc4nn3cn2)CC1. The van der Waals surface area contributed by atoms with Crippen LogP contribution in [-0.2, 0) is 0 Å². The van der Waals surface area contributed by atoms with Crippen molar-refractivity contribution in [1.82, 2.24) is 19.5 Å². The summed E-state index contributed by atoms with van der Waals surface area (Å²) in [6.07, 6.45) is 6.57. The molecule has 1 fully saturated rings. The van der Waals surface area contributed by atoms with Crippen molar-refractivity contribution in [2.75, 3.05) is 26.0 Å². The van der Waals surface area contributed by atoms with Gasteiger partial charge in [0.2, 0.25) is 0 Å². The highest BCUT2D eigenvalue weighted by Crippen LogP contribution is 2.27. The number of aromatic nitrogens is 3. The standard InChI is InChI=1S/C19H24FN5/c1-24(2)11-13-3-6-15(7-4-13)22-19-10-18-16-8-5-14(20)9-17(16)23-25(18)12-21-19/h5,8-10,12-13,15,22H,3-4,6-7,11H2,1-2H3. The predicted octanol–water partition coefficient (Wildman–Crippen LogP) is 3.55. The Morgan fingerprint density at radius 3 is 2.76 bits per heavy atom. The van der Waals surface area contributed by atoms with Crippen molar-refractivity contribution < 1.29 is 4.39 Å². The summed E-state index contributed by atoms with van der Waals surface area (Å²) in [5, 5.41) is 8.90. The minimum atomic E-state index is -0.267. The lowest BCUT2D eigenvalue weighted by atomic mass is 9.86. The minimum absolute atomic E-state index is 0.267. The monoisotopic (exact) mass is 341 g/mol. The third-order valence-corrected chi connectivity index (χ3v) is 5.10. The molecule has 6 heteroatoms. The third kappa shape index (κ3) is 3.44. The van der Waals surface area contributed by atoms with Crippen LogP contribution in [0.5, 0.6) is 0 Å². The summed E-state index contributed by atoms with van der Waals surface area (Å²) in [6.45, 7) is 1.18. The van der Waals surface area contributed by atoms with Gasteiger partial charge in [-0.15, -0.1) is 0 Å². The summed E-state index contributed by atoms with van der Waals surface area (Å²) in [5.74, 6) is 1.41. The number of halogens is 1. The molecular weight excluding hydrogens is 317 g/mol. The Bertz CT molecular complexity index is 880. The normalized spacial score (nSPS) is 21.3. The van der Waals surface area contributed by atoms with Gasteiger partial charge < -0.3 is 10.2 Å². The maximum Gasteiger partial charge on any atom is 0.130 e. The van der Waals surface area contributed by atoms with E-state index in [9.17, 15) is 4.39 Å². The lowest BCUT2D eigenvalue weighted by Gasteiger charge is -2.30. The molecule has 2 heterocycles.